The Balaban J connectivity index is 2.06. The maximum absolute atomic E-state index is 11.1. The summed E-state index contributed by atoms with van der Waals surface area (Å²) in [4.78, 5) is 16.8. The van der Waals surface area contributed by atoms with Gasteiger partial charge in [-0.3, -0.25) is 15.1 Å². The van der Waals surface area contributed by atoms with Crippen molar-refractivity contribution in [1.82, 2.24) is 4.98 Å². The van der Waals surface area contributed by atoms with E-state index in [0.29, 0.717) is 24.9 Å². The molecule has 0 bridgehead atoms. The molecule has 0 radical (unpaired) electrons. The molecule has 1 aliphatic heterocycles. The Hall–Kier alpha value is -2.21. The summed E-state index contributed by atoms with van der Waals surface area (Å²) in [6.07, 6.45) is 3.89. The van der Waals surface area contributed by atoms with Crippen LogP contribution < -0.4 is 4.90 Å². The van der Waals surface area contributed by atoms with E-state index in [1.807, 2.05) is 11.8 Å². The molecule has 1 aromatic heterocycles. The van der Waals surface area contributed by atoms with Gasteiger partial charge in [0.15, 0.2) is 0 Å². The number of hydrogen-bond donors (Lipinski definition) is 1. The molecule has 1 fully saturated rings. The Morgan fingerprint density at radius 2 is 2.15 bits per heavy atom. The zero-order valence-electron chi connectivity index (χ0n) is 11.1. The van der Waals surface area contributed by atoms with Gasteiger partial charge in [-0.15, -0.1) is 0 Å². The van der Waals surface area contributed by atoms with Crippen LogP contribution in [0.4, 0.5) is 11.4 Å². The number of aliphatic hydroxyl groups is 1. The van der Waals surface area contributed by atoms with Gasteiger partial charge in [-0.2, -0.15) is 0 Å². The molecule has 1 aliphatic rings. The Kier molecular flexibility index (Phi) is 2.83. The van der Waals surface area contributed by atoms with Crippen LogP contribution in [0, 0.1) is 10.1 Å². The van der Waals surface area contributed by atoms with Gasteiger partial charge in [-0.25, -0.2) is 0 Å². The topological polar surface area (TPSA) is 79.5 Å². The van der Waals surface area contributed by atoms with Gasteiger partial charge < -0.3 is 10.0 Å². The molecular weight excluding hydrogens is 258 g/mol. The summed E-state index contributed by atoms with van der Waals surface area (Å²) < 4.78 is 0. The van der Waals surface area contributed by atoms with Crippen molar-refractivity contribution in [1.29, 1.82) is 0 Å². The molecule has 1 N–H and O–H groups in total. The summed E-state index contributed by atoms with van der Waals surface area (Å²) in [6, 6.07) is 4.90. The highest BCUT2D eigenvalue weighted by atomic mass is 16.6. The fourth-order valence-corrected chi connectivity index (χ4v) is 2.65. The van der Waals surface area contributed by atoms with Crippen LogP contribution in [-0.2, 0) is 0 Å². The zero-order valence-corrected chi connectivity index (χ0v) is 11.1. The second-order valence-corrected chi connectivity index (χ2v) is 5.22. The average Bonchev–Trinajstić information content (AvgIpc) is 2.42. The maximum Gasteiger partial charge on any atom is 0.277 e. The standard InChI is InChI=1S/C14H15N3O3/c1-2-14(18)8-16(9-14)12-3-4-13(17(19)20)10-5-6-15-7-11(10)12/h3-7,18H,2,8-9H2,1H3. The monoisotopic (exact) mass is 273 g/mol. The molecule has 2 heterocycles. The number of β-amino-alcohol motifs (C(OH)–C–C–N with tert-alkyl or cyclic N) is 1. The number of nitrogens with zero attached hydrogens (tertiary/aromatic N) is 3. The van der Waals surface area contributed by atoms with Gasteiger partial charge in [-0.05, 0) is 18.6 Å². The first kappa shape index (κ1) is 12.8. The van der Waals surface area contributed by atoms with Crippen LogP contribution in [0.25, 0.3) is 10.8 Å². The SMILES string of the molecule is CCC1(O)CN(c2ccc([N+](=O)[O-])c3ccncc23)C1. The molecule has 104 valence electrons. The van der Waals surface area contributed by atoms with Crippen molar-refractivity contribution in [2.45, 2.75) is 18.9 Å². The van der Waals surface area contributed by atoms with Crippen LogP contribution in [0.3, 0.4) is 0 Å². The van der Waals surface area contributed by atoms with E-state index in [1.54, 1.807) is 24.5 Å². The summed E-state index contributed by atoms with van der Waals surface area (Å²) in [5.41, 5.74) is 0.324. The lowest BCUT2D eigenvalue weighted by atomic mass is 9.90. The van der Waals surface area contributed by atoms with Gasteiger partial charge in [0.2, 0.25) is 0 Å². The fraction of sp³-hybridized carbons (Fsp3) is 0.357. The first-order valence-electron chi connectivity index (χ1n) is 6.52. The molecule has 6 nitrogen and oxygen atoms in total. The molecule has 0 unspecified atom stereocenters. The minimum absolute atomic E-state index is 0.0810. The van der Waals surface area contributed by atoms with Crippen molar-refractivity contribution in [3.63, 3.8) is 0 Å². The van der Waals surface area contributed by atoms with E-state index in [-0.39, 0.29) is 10.6 Å². The van der Waals surface area contributed by atoms with Crippen molar-refractivity contribution in [3.8, 4) is 0 Å². The number of nitro groups is 1. The Morgan fingerprint density at radius 1 is 1.40 bits per heavy atom. The van der Waals surface area contributed by atoms with Gasteiger partial charge in [0.1, 0.15) is 0 Å². The predicted molar refractivity (Wildman–Crippen MR) is 75.9 cm³/mol. The summed E-state index contributed by atoms with van der Waals surface area (Å²) in [7, 11) is 0. The molecule has 0 saturated carbocycles. The van der Waals surface area contributed by atoms with Gasteiger partial charge in [-0.1, -0.05) is 6.92 Å². The van der Waals surface area contributed by atoms with Gasteiger partial charge in [0.25, 0.3) is 5.69 Å². The number of rotatable bonds is 3. The number of nitro benzene ring substituents is 1. The van der Waals surface area contributed by atoms with Gasteiger partial charge >= 0.3 is 0 Å². The highest BCUT2D eigenvalue weighted by molar-refractivity contribution is 5.99. The van der Waals surface area contributed by atoms with Gasteiger partial charge in [0, 0.05) is 42.6 Å². The van der Waals surface area contributed by atoms with Crippen molar-refractivity contribution < 1.29 is 10.0 Å². The molecular formula is C14H15N3O3. The van der Waals surface area contributed by atoms with Crippen LogP contribution in [-0.4, -0.2) is 33.7 Å². The van der Waals surface area contributed by atoms with Crippen LogP contribution in [0.2, 0.25) is 0 Å². The molecule has 2 aromatic rings. The number of anilines is 1. The highest BCUT2D eigenvalue weighted by Gasteiger charge is 2.40. The molecule has 0 atom stereocenters. The second kappa shape index (κ2) is 4.42. The minimum Gasteiger partial charge on any atom is -0.386 e. The summed E-state index contributed by atoms with van der Waals surface area (Å²) >= 11 is 0. The summed E-state index contributed by atoms with van der Waals surface area (Å²) in [6.45, 7) is 3.05. The Bertz CT molecular complexity index is 680. The summed E-state index contributed by atoms with van der Waals surface area (Å²) in [5, 5.41) is 22.5. The quantitative estimate of drug-likeness (QED) is 0.684. The molecule has 1 aromatic carbocycles. The third-order valence-electron chi connectivity index (χ3n) is 3.94. The van der Waals surface area contributed by atoms with Crippen molar-refractivity contribution >= 4 is 22.1 Å². The lowest BCUT2D eigenvalue weighted by Crippen LogP contribution is -2.61. The number of fused-ring (bicyclic) bond motifs is 1. The first-order chi connectivity index (χ1) is 9.54. The van der Waals surface area contributed by atoms with Crippen LogP contribution in [0.1, 0.15) is 13.3 Å². The lowest BCUT2D eigenvalue weighted by molar-refractivity contribution is -0.383. The average molecular weight is 273 g/mol. The number of hydrogen-bond acceptors (Lipinski definition) is 5. The first-order valence-corrected chi connectivity index (χ1v) is 6.52. The van der Waals surface area contributed by atoms with E-state index in [9.17, 15) is 15.2 Å². The second-order valence-electron chi connectivity index (χ2n) is 5.22. The van der Waals surface area contributed by atoms with Crippen LogP contribution in [0.15, 0.2) is 30.6 Å². The summed E-state index contributed by atoms with van der Waals surface area (Å²) in [5.74, 6) is 0. The lowest BCUT2D eigenvalue weighted by Gasteiger charge is -2.47. The molecule has 6 heteroatoms. The molecule has 1 saturated heterocycles. The third-order valence-corrected chi connectivity index (χ3v) is 3.94. The van der Waals surface area contributed by atoms with Crippen LogP contribution in [0.5, 0.6) is 0 Å². The predicted octanol–water partition coefficient (Wildman–Crippen LogP) is 2.10. The molecule has 0 amide bonds. The van der Waals surface area contributed by atoms with E-state index in [4.69, 9.17) is 0 Å². The minimum atomic E-state index is -0.643. The smallest absolute Gasteiger partial charge is 0.277 e. The Labute approximate surface area is 115 Å². The maximum atomic E-state index is 11.1. The van der Waals surface area contributed by atoms with E-state index >= 15 is 0 Å². The van der Waals surface area contributed by atoms with E-state index in [1.165, 1.54) is 6.07 Å². The van der Waals surface area contributed by atoms with Crippen molar-refractivity contribution in [2.24, 2.45) is 0 Å². The Morgan fingerprint density at radius 3 is 2.80 bits per heavy atom. The molecule has 0 aliphatic carbocycles. The van der Waals surface area contributed by atoms with E-state index in [0.717, 1.165) is 11.1 Å². The molecule has 3 rings (SSSR count). The molecule has 20 heavy (non-hydrogen) atoms. The fourth-order valence-electron chi connectivity index (χ4n) is 2.65. The van der Waals surface area contributed by atoms with E-state index in [2.05, 4.69) is 4.98 Å². The highest BCUT2D eigenvalue weighted by Crippen LogP contribution is 2.37. The number of pyridine rings is 1. The largest absolute Gasteiger partial charge is 0.386 e. The number of non-ortho nitro benzene ring substituents is 1. The number of aromatic nitrogens is 1. The zero-order chi connectivity index (χ0) is 14.3. The van der Waals surface area contributed by atoms with Crippen molar-refractivity contribution in [3.05, 3.63) is 40.7 Å². The molecule has 0 spiro atoms. The normalized spacial score (nSPS) is 17.0. The number of benzene rings is 1. The van der Waals surface area contributed by atoms with Gasteiger partial charge in [0.05, 0.1) is 15.9 Å². The van der Waals surface area contributed by atoms with Crippen LogP contribution >= 0.6 is 0 Å². The third kappa shape index (κ3) is 1.89. The van der Waals surface area contributed by atoms with E-state index < -0.39 is 5.60 Å². The van der Waals surface area contributed by atoms with Crippen molar-refractivity contribution in [2.75, 3.05) is 18.0 Å².